The Hall–Kier alpha value is -4.76. The second-order valence-electron chi connectivity index (χ2n) is 7.36. The summed E-state index contributed by atoms with van der Waals surface area (Å²) in [7, 11) is 1.41. The van der Waals surface area contributed by atoms with Crippen LogP contribution in [-0.2, 0) is 14.3 Å². The molecule has 4 rings (SSSR count). The predicted molar refractivity (Wildman–Crippen MR) is 133 cm³/mol. The van der Waals surface area contributed by atoms with E-state index in [0.717, 1.165) is 0 Å². The van der Waals surface area contributed by atoms with Gasteiger partial charge in [-0.25, -0.2) is 14.6 Å². The molecule has 0 saturated carbocycles. The molecule has 0 amide bonds. The minimum atomic E-state index is -0.672. The highest BCUT2D eigenvalue weighted by Gasteiger charge is 2.24. The average molecular weight is 505 g/mol. The Bertz CT molecular complexity index is 1430. The van der Waals surface area contributed by atoms with Crippen LogP contribution in [0.25, 0.3) is 12.2 Å². The fourth-order valence-electron chi connectivity index (χ4n) is 3.16. The first-order valence-electron chi connectivity index (χ1n) is 10.4. The molecule has 0 aliphatic carbocycles. The van der Waals surface area contributed by atoms with Gasteiger partial charge in [-0.1, -0.05) is 17.7 Å². The van der Waals surface area contributed by atoms with Gasteiger partial charge in [0.1, 0.15) is 0 Å². The highest BCUT2D eigenvalue weighted by atomic mass is 35.5. The number of nitrogens with zero attached hydrogens (tertiary/aromatic N) is 2. The Morgan fingerprint density at radius 3 is 2.39 bits per heavy atom. The number of ether oxygens (including phenoxy) is 3. The Balaban J connectivity index is 1.47. The Morgan fingerprint density at radius 1 is 1.03 bits per heavy atom. The minimum Gasteiger partial charge on any atom is -0.493 e. The lowest BCUT2D eigenvalue weighted by Crippen LogP contribution is -2.05. The number of carbonyl (C=O) groups excluding carboxylic acids is 2. The van der Waals surface area contributed by atoms with Crippen molar-refractivity contribution in [1.82, 2.24) is 0 Å². The van der Waals surface area contributed by atoms with Gasteiger partial charge in [0.15, 0.2) is 17.2 Å². The summed E-state index contributed by atoms with van der Waals surface area (Å²) in [5.41, 5.74) is 1.82. The van der Waals surface area contributed by atoms with Crippen LogP contribution in [0.5, 0.6) is 11.5 Å². The van der Waals surface area contributed by atoms with E-state index in [4.69, 9.17) is 25.8 Å². The fourth-order valence-corrected chi connectivity index (χ4v) is 3.28. The molecule has 0 bridgehead atoms. The van der Waals surface area contributed by atoms with E-state index in [9.17, 15) is 19.7 Å². The average Bonchev–Trinajstić information content (AvgIpc) is 3.24. The first kappa shape index (κ1) is 24.4. The van der Waals surface area contributed by atoms with Crippen molar-refractivity contribution >= 4 is 47.3 Å². The minimum absolute atomic E-state index is 0.0488. The zero-order valence-electron chi connectivity index (χ0n) is 18.7. The third-order valence-corrected chi connectivity index (χ3v) is 5.18. The van der Waals surface area contributed by atoms with Crippen LogP contribution in [0, 0.1) is 10.1 Å². The van der Waals surface area contributed by atoms with E-state index >= 15 is 0 Å². The number of non-ortho nitro benzene ring substituents is 1. The molecule has 0 N–H and O–H groups in total. The molecule has 36 heavy (non-hydrogen) atoms. The van der Waals surface area contributed by atoms with Gasteiger partial charge in [-0.3, -0.25) is 10.1 Å². The van der Waals surface area contributed by atoms with Crippen LogP contribution in [0.1, 0.15) is 16.7 Å². The van der Waals surface area contributed by atoms with Crippen molar-refractivity contribution in [3.05, 3.63) is 110 Å². The maximum Gasteiger partial charge on any atom is 0.363 e. The molecule has 3 aromatic rings. The maximum atomic E-state index is 12.3. The number of nitro benzene ring substituents is 1. The number of aliphatic imine (C=N–C) groups is 1. The quantitative estimate of drug-likeness (QED) is 0.142. The van der Waals surface area contributed by atoms with E-state index in [1.165, 1.54) is 55.7 Å². The molecule has 0 unspecified atom stereocenters. The Morgan fingerprint density at radius 2 is 1.72 bits per heavy atom. The summed E-state index contributed by atoms with van der Waals surface area (Å²) in [6.07, 6.45) is 4.19. The van der Waals surface area contributed by atoms with Gasteiger partial charge in [-0.15, -0.1) is 0 Å². The van der Waals surface area contributed by atoms with Gasteiger partial charge in [-0.2, -0.15) is 0 Å². The number of cyclic esters (lactones) is 1. The Labute approximate surface area is 210 Å². The zero-order valence-corrected chi connectivity index (χ0v) is 19.5. The number of carbonyl (C=O) groups is 2. The molecule has 0 saturated heterocycles. The molecule has 0 atom stereocenters. The van der Waals surface area contributed by atoms with Crippen LogP contribution in [0.3, 0.4) is 0 Å². The van der Waals surface area contributed by atoms with Gasteiger partial charge in [0, 0.05) is 28.8 Å². The van der Waals surface area contributed by atoms with Crippen LogP contribution in [0.4, 0.5) is 5.69 Å². The normalized spacial score (nSPS) is 14.0. The van der Waals surface area contributed by atoms with Crippen molar-refractivity contribution in [3.63, 3.8) is 0 Å². The molecule has 0 fully saturated rings. The number of hydrogen-bond donors (Lipinski definition) is 0. The number of halogens is 1. The van der Waals surface area contributed by atoms with Crippen LogP contribution in [0.15, 0.2) is 83.5 Å². The first-order chi connectivity index (χ1) is 17.3. The molecule has 1 aliphatic rings. The van der Waals surface area contributed by atoms with Gasteiger partial charge in [-0.05, 0) is 71.8 Å². The van der Waals surface area contributed by atoms with Gasteiger partial charge in [0.25, 0.3) is 5.69 Å². The van der Waals surface area contributed by atoms with Gasteiger partial charge in [0.2, 0.25) is 5.90 Å². The molecule has 0 spiro atoms. The number of methoxy groups -OCH3 is 1. The SMILES string of the molecule is COc1cc(/C=C2\N=C(c3ccc(Cl)cc3)OC2=O)ccc1OC(=O)/C=C/c1ccc([N+](=O)[O-])cc1. The van der Waals surface area contributed by atoms with E-state index in [-0.39, 0.29) is 28.8 Å². The Kier molecular flexibility index (Phi) is 7.22. The smallest absolute Gasteiger partial charge is 0.363 e. The summed E-state index contributed by atoms with van der Waals surface area (Å²) >= 11 is 5.89. The molecular weight excluding hydrogens is 488 g/mol. The second kappa shape index (κ2) is 10.7. The molecule has 1 aliphatic heterocycles. The largest absolute Gasteiger partial charge is 0.493 e. The van der Waals surface area contributed by atoms with E-state index in [0.29, 0.717) is 21.7 Å². The molecule has 10 heteroatoms. The number of benzene rings is 3. The summed E-state index contributed by atoms with van der Waals surface area (Å²) in [6, 6.07) is 17.2. The third-order valence-electron chi connectivity index (χ3n) is 4.93. The van der Waals surface area contributed by atoms with Gasteiger partial charge >= 0.3 is 11.9 Å². The fraction of sp³-hybridized carbons (Fsp3) is 0.0385. The number of hydrogen-bond acceptors (Lipinski definition) is 8. The second-order valence-corrected chi connectivity index (χ2v) is 7.79. The molecule has 0 aromatic heterocycles. The molecule has 9 nitrogen and oxygen atoms in total. The topological polar surface area (TPSA) is 117 Å². The van der Waals surface area contributed by atoms with Crippen molar-refractivity contribution in [2.45, 2.75) is 0 Å². The summed E-state index contributed by atoms with van der Waals surface area (Å²) in [4.78, 5) is 39.0. The summed E-state index contributed by atoms with van der Waals surface area (Å²) in [5.74, 6) is -0.688. The zero-order chi connectivity index (χ0) is 25.7. The maximum absolute atomic E-state index is 12.3. The van der Waals surface area contributed by atoms with Crippen LogP contribution >= 0.6 is 11.6 Å². The molecule has 0 radical (unpaired) electrons. The van der Waals surface area contributed by atoms with Gasteiger partial charge in [0.05, 0.1) is 12.0 Å². The predicted octanol–water partition coefficient (Wildman–Crippen LogP) is 5.22. The number of rotatable bonds is 7. The lowest BCUT2D eigenvalue weighted by atomic mass is 10.1. The standard InChI is InChI=1S/C26H17ClN2O7/c1-34-23-15-17(14-21-26(31)36-25(28-21)18-6-8-19(27)9-7-18)4-12-22(23)35-24(30)13-5-16-2-10-20(11-3-16)29(32)33/h2-15H,1H3/b13-5+,21-14-. The third kappa shape index (κ3) is 5.83. The van der Waals surface area contributed by atoms with Crippen molar-refractivity contribution in [1.29, 1.82) is 0 Å². The first-order valence-corrected chi connectivity index (χ1v) is 10.8. The molecule has 180 valence electrons. The number of nitro groups is 1. The van der Waals surface area contributed by atoms with E-state index < -0.39 is 16.9 Å². The summed E-state index contributed by atoms with van der Waals surface area (Å²) in [5, 5.41) is 11.3. The lowest BCUT2D eigenvalue weighted by molar-refractivity contribution is -0.384. The summed E-state index contributed by atoms with van der Waals surface area (Å²) in [6.45, 7) is 0. The van der Waals surface area contributed by atoms with Crippen molar-refractivity contribution in [2.24, 2.45) is 4.99 Å². The monoisotopic (exact) mass is 504 g/mol. The van der Waals surface area contributed by atoms with Crippen molar-refractivity contribution in [3.8, 4) is 11.5 Å². The molecule has 3 aromatic carbocycles. The van der Waals surface area contributed by atoms with Crippen LogP contribution < -0.4 is 9.47 Å². The molecule has 1 heterocycles. The lowest BCUT2D eigenvalue weighted by Gasteiger charge is -2.08. The van der Waals surface area contributed by atoms with Crippen molar-refractivity contribution < 1.29 is 28.7 Å². The van der Waals surface area contributed by atoms with Gasteiger partial charge < -0.3 is 14.2 Å². The van der Waals surface area contributed by atoms with Crippen molar-refractivity contribution in [2.75, 3.05) is 7.11 Å². The summed E-state index contributed by atoms with van der Waals surface area (Å²) < 4.78 is 15.9. The van der Waals surface area contributed by atoms with Crippen LogP contribution in [-0.4, -0.2) is 29.9 Å². The van der Waals surface area contributed by atoms with E-state index in [1.807, 2.05) is 0 Å². The van der Waals surface area contributed by atoms with E-state index in [1.54, 1.807) is 36.4 Å². The number of esters is 2. The van der Waals surface area contributed by atoms with Crippen LogP contribution in [0.2, 0.25) is 5.02 Å². The molecular formula is C26H17ClN2O7. The highest BCUT2D eigenvalue weighted by Crippen LogP contribution is 2.30. The highest BCUT2D eigenvalue weighted by molar-refractivity contribution is 6.30. The van der Waals surface area contributed by atoms with E-state index in [2.05, 4.69) is 4.99 Å².